The van der Waals surface area contributed by atoms with E-state index in [4.69, 9.17) is 25.2 Å². The van der Waals surface area contributed by atoms with Gasteiger partial charge < -0.3 is 20.1 Å². The largest absolute Gasteiger partial charge is 0.493 e. The Hall–Kier alpha value is -3.91. The number of fused-ring (bicyclic) bond motifs is 2. The predicted molar refractivity (Wildman–Crippen MR) is 148 cm³/mol. The molecule has 0 fully saturated rings. The molecule has 1 aliphatic heterocycles. The summed E-state index contributed by atoms with van der Waals surface area (Å²) in [6.45, 7) is 9.07. The van der Waals surface area contributed by atoms with Crippen molar-refractivity contribution in [3.63, 3.8) is 0 Å². The van der Waals surface area contributed by atoms with Gasteiger partial charge in [-0.1, -0.05) is 38.1 Å². The van der Waals surface area contributed by atoms with E-state index in [0.717, 1.165) is 50.4 Å². The third-order valence-electron chi connectivity index (χ3n) is 7.20. The van der Waals surface area contributed by atoms with Crippen LogP contribution < -0.4 is 20.1 Å². The van der Waals surface area contributed by atoms with Crippen LogP contribution in [0.1, 0.15) is 30.5 Å². The van der Waals surface area contributed by atoms with Crippen LogP contribution in [0.5, 0.6) is 11.5 Å². The highest BCUT2D eigenvalue weighted by atomic mass is 16.5. The molecule has 192 valence electrons. The molecule has 5 rings (SSSR count). The van der Waals surface area contributed by atoms with Crippen molar-refractivity contribution in [2.75, 3.05) is 44.5 Å². The molecule has 8 nitrogen and oxygen atoms in total. The van der Waals surface area contributed by atoms with Crippen molar-refractivity contribution in [3.8, 4) is 22.8 Å². The number of methoxy groups -OCH3 is 2. The van der Waals surface area contributed by atoms with Crippen molar-refractivity contribution in [1.29, 1.82) is 0 Å². The van der Waals surface area contributed by atoms with Crippen molar-refractivity contribution in [1.82, 2.24) is 19.9 Å². The summed E-state index contributed by atoms with van der Waals surface area (Å²) in [6.07, 6.45) is 2.68. The van der Waals surface area contributed by atoms with Crippen molar-refractivity contribution >= 4 is 22.7 Å². The van der Waals surface area contributed by atoms with E-state index in [1.54, 1.807) is 20.4 Å². The van der Waals surface area contributed by atoms with Gasteiger partial charge in [-0.3, -0.25) is 9.88 Å². The molecule has 1 aliphatic rings. The van der Waals surface area contributed by atoms with Gasteiger partial charge in [0.1, 0.15) is 5.82 Å². The molecule has 0 amide bonds. The minimum Gasteiger partial charge on any atom is -0.493 e. The highest BCUT2D eigenvalue weighted by molar-refractivity contribution is 6.05. The van der Waals surface area contributed by atoms with Crippen LogP contribution in [-0.2, 0) is 19.5 Å². The number of aromatic nitrogens is 3. The Bertz CT molecular complexity index is 1410. The molecule has 8 heteroatoms. The second-order valence-electron chi connectivity index (χ2n) is 9.19. The summed E-state index contributed by atoms with van der Waals surface area (Å²) in [5.41, 5.74) is 12.9. The molecule has 0 bridgehead atoms. The zero-order valence-corrected chi connectivity index (χ0v) is 22.0. The number of nitrogens with zero attached hydrogens (tertiary/aromatic N) is 5. The Morgan fingerprint density at radius 2 is 1.86 bits per heavy atom. The fourth-order valence-electron chi connectivity index (χ4n) is 5.22. The summed E-state index contributed by atoms with van der Waals surface area (Å²) in [5.74, 6) is 2.14. The summed E-state index contributed by atoms with van der Waals surface area (Å²) in [5, 5.41) is 0.707. The average molecular weight is 499 g/mol. The molecule has 0 radical (unpaired) electrons. The minimum atomic E-state index is 0.391. The quantitative estimate of drug-likeness (QED) is 0.374. The van der Waals surface area contributed by atoms with Crippen molar-refractivity contribution in [2.45, 2.75) is 33.4 Å². The lowest BCUT2D eigenvalue weighted by atomic mass is 9.94. The van der Waals surface area contributed by atoms with Crippen molar-refractivity contribution in [2.24, 2.45) is 0 Å². The van der Waals surface area contributed by atoms with Gasteiger partial charge in [0, 0.05) is 31.9 Å². The Labute approximate surface area is 218 Å². The highest BCUT2D eigenvalue weighted by Crippen LogP contribution is 2.44. The highest BCUT2D eigenvalue weighted by Gasteiger charge is 2.25. The second kappa shape index (κ2) is 10.6. The number of hydrogen-bond donors (Lipinski definition) is 1. The van der Waals surface area contributed by atoms with Gasteiger partial charge in [-0.25, -0.2) is 4.98 Å². The summed E-state index contributed by atoms with van der Waals surface area (Å²) in [6, 6.07) is 14.2. The van der Waals surface area contributed by atoms with Gasteiger partial charge in [0.25, 0.3) is 0 Å². The second-order valence-corrected chi connectivity index (χ2v) is 9.19. The molecule has 2 N–H and O–H groups in total. The van der Waals surface area contributed by atoms with Crippen LogP contribution >= 0.6 is 0 Å². The van der Waals surface area contributed by atoms with Gasteiger partial charge in [0.15, 0.2) is 11.5 Å². The molecule has 0 aliphatic carbocycles. The van der Waals surface area contributed by atoms with E-state index in [0.29, 0.717) is 34.2 Å². The molecule has 0 spiro atoms. The molecule has 37 heavy (non-hydrogen) atoms. The maximum atomic E-state index is 6.61. The van der Waals surface area contributed by atoms with Crippen molar-refractivity contribution < 1.29 is 9.47 Å². The fraction of sp³-hybridized carbons (Fsp3) is 0.345. The van der Waals surface area contributed by atoms with Gasteiger partial charge in [0.05, 0.1) is 36.4 Å². The zero-order valence-electron chi connectivity index (χ0n) is 22.0. The van der Waals surface area contributed by atoms with E-state index in [-0.39, 0.29) is 0 Å². The summed E-state index contributed by atoms with van der Waals surface area (Å²) in [4.78, 5) is 18.9. The van der Waals surface area contributed by atoms with E-state index in [9.17, 15) is 0 Å². The first-order valence-electron chi connectivity index (χ1n) is 12.8. The number of hydrogen-bond acceptors (Lipinski definition) is 8. The molecular formula is C29H34N6O2. The van der Waals surface area contributed by atoms with E-state index in [1.807, 2.05) is 24.3 Å². The number of nitrogens with two attached hydrogens (primary N) is 1. The number of nitrogen functional groups attached to an aromatic ring is 1. The molecule has 0 unspecified atom stereocenters. The number of rotatable bonds is 8. The smallest absolute Gasteiger partial charge is 0.228 e. The monoisotopic (exact) mass is 498 g/mol. The summed E-state index contributed by atoms with van der Waals surface area (Å²) in [7, 11) is 3.23. The lowest BCUT2D eigenvalue weighted by Gasteiger charge is -2.31. The number of pyridine rings is 1. The topological polar surface area (TPSA) is 89.6 Å². The summed E-state index contributed by atoms with van der Waals surface area (Å²) >= 11 is 0. The van der Waals surface area contributed by atoms with Crippen LogP contribution in [0.4, 0.5) is 11.8 Å². The van der Waals surface area contributed by atoms with Gasteiger partial charge in [-0.2, -0.15) is 4.98 Å². The van der Waals surface area contributed by atoms with Gasteiger partial charge in [0.2, 0.25) is 5.95 Å². The normalized spacial score (nSPS) is 13.2. The molecule has 2 aromatic heterocycles. The third-order valence-corrected chi connectivity index (χ3v) is 7.20. The molecule has 0 saturated carbocycles. The van der Waals surface area contributed by atoms with Crippen molar-refractivity contribution in [3.05, 3.63) is 65.4 Å². The van der Waals surface area contributed by atoms with E-state index < -0.39 is 0 Å². The molecule has 4 aromatic rings. The van der Waals surface area contributed by atoms with E-state index in [1.165, 1.54) is 16.7 Å². The number of ether oxygens (including phenoxy) is 2. The molecular weight excluding hydrogens is 464 g/mol. The number of benzene rings is 2. The molecule has 0 saturated heterocycles. The van der Waals surface area contributed by atoms with Gasteiger partial charge >= 0.3 is 0 Å². The van der Waals surface area contributed by atoms with E-state index >= 15 is 0 Å². The predicted octanol–water partition coefficient (Wildman–Crippen LogP) is 4.70. The average Bonchev–Trinajstić information content (AvgIpc) is 2.94. The maximum absolute atomic E-state index is 6.61. The van der Waals surface area contributed by atoms with E-state index in [2.05, 4.69) is 46.8 Å². The lowest BCUT2D eigenvalue weighted by Crippen LogP contribution is -2.33. The summed E-state index contributed by atoms with van der Waals surface area (Å²) < 4.78 is 11.4. The third kappa shape index (κ3) is 4.64. The Balaban J connectivity index is 1.56. The SMILES string of the molecule is CCN(CC)Cc1cccc2c1CCN(c1nc(N)c3c(-c4ccccn4)c(OC)c(OC)cc3n1)C2. The van der Waals surface area contributed by atoms with Gasteiger partial charge in [-0.15, -0.1) is 0 Å². The molecule has 3 heterocycles. The van der Waals surface area contributed by atoms with Crippen LogP contribution in [0.15, 0.2) is 48.7 Å². The first kappa shape index (κ1) is 24.8. The Morgan fingerprint density at radius 3 is 2.57 bits per heavy atom. The first-order chi connectivity index (χ1) is 18.1. The van der Waals surface area contributed by atoms with Crippen LogP contribution in [0, 0.1) is 0 Å². The van der Waals surface area contributed by atoms with Crippen LogP contribution in [0.2, 0.25) is 0 Å². The van der Waals surface area contributed by atoms with Crippen LogP contribution in [-0.4, -0.2) is 53.7 Å². The molecule has 0 atom stereocenters. The molecule has 2 aromatic carbocycles. The zero-order chi connectivity index (χ0) is 25.9. The Kier molecular flexibility index (Phi) is 7.10. The lowest BCUT2D eigenvalue weighted by molar-refractivity contribution is 0.294. The van der Waals surface area contributed by atoms with Gasteiger partial charge in [-0.05, 0) is 48.3 Å². The Morgan fingerprint density at radius 1 is 1.03 bits per heavy atom. The first-order valence-corrected chi connectivity index (χ1v) is 12.8. The fourth-order valence-corrected chi connectivity index (χ4v) is 5.22. The standard InChI is InChI=1S/C29H34N6O2/c1-5-34(6-2)17-19-10-9-11-20-18-35(15-13-21(19)20)29-32-23-16-24(36-3)27(37-4)25(26(23)28(30)33-29)22-12-7-8-14-31-22/h7-12,14,16H,5-6,13,15,17-18H2,1-4H3,(H2,30,32,33). The van der Waals surface area contributed by atoms with Crippen LogP contribution in [0.3, 0.4) is 0 Å². The maximum Gasteiger partial charge on any atom is 0.228 e. The van der Waals surface area contributed by atoms with Crippen LogP contribution in [0.25, 0.3) is 22.2 Å². The minimum absolute atomic E-state index is 0.391. The number of anilines is 2.